The summed E-state index contributed by atoms with van der Waals surface area (Å²) >= 11 is 1.97. The zero-order valence-corrected chi connectivity index (χ0v) is 34.1. The van der Waals surface area contributed by atoms with Crippen LogP contribution in [0.3, 0.4) is 0 Å². The SMILES string of the molecule is C[SiH2]c1ccc(N(C2=CC(C3CCC=C4C=CC=CC43)=CCC2)c2ccc3c(c2)[Si](C)(C)c2ccc4c(sc5ccccc54)c2-3)cc1-c1ccccc1. The van der Waals surface area contributed by atoms with E-state index in [2.05, 4.69) is 170 Å². The smallest absolute Gasteiger partial charge is 0.114 e. The molecule has 4 aliphatic rings. The Morgan fingerprint density at radius 3 is 2.43 bits per heavy atom. The largest absolute Gasteiger partial charge is 0.314 e. The van der Waals surface area contributed by atoms with Crippen molar-refractivity contribution in [3.63, 3.8) is 0 Å². The maximum absolute atomic E-state index is 2.64. The maximum atomic E-state index is 2.64. The number of hydrogen-bond donors (Lipinski definition) is 0. The summed E-state index contributed by atoms with van der Waals surface area (Å²) in [4.78, 5) is 2.64. The van der Waals surface area contributed by atoms with Gasteiger partial charge < -0.3 is 4.90 Å². The van der Waals surface area contributed by atoms with Crippen LogP contribution in [0.25, 0.3) is 42.4 Å². The first-order valence-corrected chi connectivity index (χ1v) is 25.5. The third-order valence-electron chi connectivity index (χ3n) is 12.5. The van der Waals surface area contributed by atoms with E-state index in [4.69, 9.17) is 0 Å². The van der Waals surface area contributed by atoms with Gasteiger partial charge in [-0.05, 0) is 112 Å². The van der Waals surface area contributed by atoms with Crippen LogP contribution in [0.1, 0.15) is 25.7 Å². The Balaban J connectivity index is 1.14. The highest BCUT2D eigenvalue weighted by Gasteiger charge is 2.40. The molecule has 0 saturated heterocycles. The van der Waals surface area contributed by atoms with Crippen molar-refractivity contribution in [1.82, 2.24) is 0 Å². The number of fused-ring (bicyclic) bond motifs is 8. The molecule has 4 heteroatoms. The van der Waals surface area contributed by atoms with Gasteiger partial charge in [-0.15, -0.1) is 11.3 Å². The lowest BCUT2D eigenvalue weighted by Crippen LogP contribution is -2.49. The maximum Gasteiger partial charge on any atom is 0.114 e. The van der Waals surface area contributed by atoms with Crippen LogP contribution >= 0.6 is 11.3 Å². The molecule has 53 heavy (non-hydrogen) atoms. The molecule has 0 spiro atoms. The summed E-state index contributed by atoms with van der Waals surface area (Å²) in [5.74, 6) is 0.991. The van der Waals surface area contributed by atoms with Gasteiger partial charge in [-0.2, -0.15) is 0 Å². The van der Waals surface area contributed by atoms with Gasteiger partial charge >= 0.3 is 0 Å². The zero-order chi connectivity index (χ0) is 35.7. The Labute approximate surface area is 321 Å². The molecule has 0 N–H and O–H groups in total. The lowest BCUT2D eigenvalue weighted by molar-refractivity contribution is 0.459. The summed E-state index contributed by atoms with van der Waals surface area (Å²) in [5, 5.41) is 7.46. The highest BCUT2D eigenvalue weighted by molar-refractivity contribution is 7.26. The van der Waals surface area contributed by atoms with Crippen molar-refractivity contribution < 1.29 is 0 Å². The molecule has 0 bridgehead atoms. The molecule has 2 unspecified atom stereocenters. The van der Waals surface area contributed by atoms with Gasteiger partial charge in [-0.3, -0.25) is 0 Å². The van der Waals surface area contributed by atoms with E-state index >= 15 is 0 Å². The number of rotatable bonds is 6. The van der Waals surface area contributed by atoms with Crippen LogP contribution in [0.5, 0.6) is 0 Å². The summed E-state index contributed by atoms with van der Waals surface area (Å²) < 4.78 is 2.84. The Bertz CT molecular complexity index is 2600. The first kappa shape index (κ1) is 32.9. The van der Waals surface area contributed by atoms with E-state index < -0.39 is 8.07 Å². The molecule has 260 valence electrons. The number of hydrogen-bond acceptors (Lipinski definition) is 2. The molecule has 2 atom stereocenters. The van der Waals surface area contributed by atoms with Gasteiger partial charge in [-0.1, -0.05) is 134 Å². The standard InChI is InChI=1S/C49H45NSSi2/c1-52-45-27-24-36(30-43(45)33-13-5-4-6-14-33)50(35-18-11-17-34(29-35)39-21-12-16-32-15-7-8-19-38(32)39)37-23-25-42-47(31-37)53(2,3)46-28-26-41-40-20-9-10-22-44(40)51-49(41)48(42)46/h4-10,13-17,19-20,22-31,38-39H,11-12,18,21,52H2,1-3H3. The van der Waals surface area contributed by atoms with Gasteiger partial charge in [0.25, 0.3) is 0 Å². The van der Waals surface area contributed by atoms with E-state index in [0.29, 0.717) is 11.8 Å². The molecule has 2 heterocycles. The second-order valence-corrected chi connectivity index (χ2v) is 22.6. The summed E-state index contributed by atoms with van der Waals surface area (Å²) in [5.41, 5.74) is 12.6. The second kappa shape index (κ2) is 13.0. The number of benzene rings is 5. The Morgan fingerprint density at radius 2 is 1.55 bits per heavy atom. The van der Waals surface area contributed by atoms with E-state index in [1.54, 1.807) is 10.4 Å². The summed E-state index contributed by atoms with van der Waals surface area (Å²) in [6.07, 6.45) is 21.3. The number of nitrogens with zero attached hydrogens (tertiary/aromatic N) is 1. The van der Waals surface area contributed by atoms with Crippen molar-refractivity contribution in [2.45, 2.75) is 45.3 Å². The third kappa shape index (κ3) is 5.37. The highest BCUT2D eigenvalue weighted by atomic mass is 32.1. The summed E-state index contributed by atoms with van der Waals surface area (Å²) in [6.45, 7) is 7.56. The first-order chi connectivity index (χ1) is 26.0. The molecule has 0 saturated carbocycles. The van der Waals surface area contributed by atoms with E-state index in [0.717, 1.165) is 19.3 Å². The lowest BCUT2D eigenvalue weighted by atomic mass is 9.72. The van der Waals surface area contributed by atoms with E-state index in [9.17, 15) is 0 Å². The minimum Gasteiger partial charge on any atom is -0.314 e. The molecular weight excluding hydrogens is 691 g/mol. The van der Waals surface area contributed by atoms with E-state index in [1.807, 2.05) is 11.3 Å². The van der Waals surface area contributed by atoms with Crippen molar-refractivity contribution in [1.29, 1.82) is 0 Å². The van der Waals surface area contributed by atoms with Crippen molar-refractivity contribution in [2.24, 2.45) is 11.8 Å². The Morgan fingerprint density at radius 1 is 0.736 bits per heavy atom. The summed E-state index contributed by atoms with van der Waals surface area (Å²) in [6, 6.07) is 39.8. The second-order valence-electron chi connectivity index (χ2n) is 15.8. The highest BCUT2D eigenvalue weighted by Crippen LogP contribution is 2.45. The average molecular weight is 736 g/mol. The monoisotopic (exact) mass is 735 g/mol. The van der Waals surface area contributed by atoms with Crippen LogP contribution in [0.2, 0.25) is 19.6 Å². The molecule has 1 nitrogen and oxygen atoms in total. The fraction of sp³-hybridized carbons (Fsp3) is 0.184. The van der Waals surface area contributed by atoms with Crippen LogP contribution in [-0.4, -0.2) is 17.6 Å². The van der Waals surface area contributed by atoms with Crippen LogP contribution < -0.4 is 20.5 Å². The zero-order valence-electron chi connectivity index (χ0n) is 30.9. The Kier molecular flexibility index (Phi) is 8.05. The molecule has 1 aromatic heterocycles. The predicted molar refractivity (Wildman–Crippen MR) is 238 cm³/mol. The fourth-order valence-electron chi connectivity index (χ4n) is 9.78. The van der Waals surface area contributed by atoms with Crippen LogP contribution in [-0.2, 0) is 0 Å². The first-order valence-electron chi connectivity index (χ1n) is 19.5. The molecule has 0 radical (unpaired) electrons. The molecule has 0 amide bonds. The lowest BCUT2D eigenvalue weighted by Gasteiger charge is -2.36. The van der Waals surface area contributed by atoms with Gasteiger partial charge in [0.2, 0.25) is 0 Å². The molecule has 6 aromatic rings. The minimum atomic E-state index is -1.98. The van der Waals surface area contributed by atoms with Crippen LogP contribution in [0, 0.1) is 11.8 Å². The average Bonchev–Trinajstić information content (AvgIpc) is 3.70. The van der Waals surface area contributed by atoms with Gasteiger partial charge in [0.15, 0.2) is 0 Å². The van der Waals surface area contributed by atoms with Crippen LogP contribution in [0.15, 0.2) is 163 Å². The van der Waals surface area contributed by atoms with Crippen molar-refractivity contribution in [3.05, 3.63) is 163 Å². The number of anilines is 2. The van der Waals surface area contributed by atoms with Crippen molar-refractivity contribution >= 4 is 76.0 Å². The van der Waals surface area contributed by atoms with Gasteiger partial charge in [-0.25, -0.2) is 0 Å². The minimum absolute atomic E-state index is 0.373. The van der Waals surface area contributed by atoms with E-state index in [1.165, 1.54) is 82.3 Å². The van der Waals surface area contributed by atoms with Crippen LogP contribution in [0.4, 0.5) is 11.4 Å². The fourth-order valence-corrected chi connectivity index (χ4v) is 15.2. The molecule has 10 rings (SSSR count). The van der Waals surface area contributed by atoms with Crippen molar-refractivity contribution in [3.8, 4) is 22.3 Å². The molecule has 5 aromatic carbocycles. The summed E-state index contributed by atoms with van der Waals surface area (Å²) in [7, 11) is -2.35. The number of thiophene rings is 1. The third-order valence-corrected chi connectivity index (χ3v) is 18.6. The number of allylic oxidation sites excluding steroid dienone is 10. The van der Waals surface area contributed by atoms with Crippen molar-refractivity contribution in [2.75, 3.05) is 4.90 Å². The van der Waals surface area contributed by atoms with Gasteiger partial charge in [0.05, 0.1) is 9.52 Å². The predicted octanol–water partition coefficient (Wildman–Crippen LogP) is 11.2. The normalized spacial score (nSPS) is 19.9. The topological polar surface area (TPSA) is 3.24 Å². The molecular formula is C49H45NSSi2. The van der Waals surface area contributed by atoms with Gasteiger partial charge in [0, 0.05) is 43.2 Å². The molecule has 3 aliphatic carbocycles. The molecule has 0 fully saturated rings. The van der Waals surface area contributed by atoms with E-state index in [-0.39, 0.29) is 9.52 Å². The van der Waals surface area contributed by atoms with Gasteiger partial charge in [0.1, 0.15) is 8.07 Å². The Hall–Kier alpha value is -4.75. The molecule has 1 aliphatic heterocycles. The quantitative estimate of drug-likeness (QED) is 0.154.